The van der Waals surface area contributed by atoms with E-state index in [-0.39, 0.29) is 0 Å². The minimum Gasteiger partial charge on any atom is -0.308 e. The molecule has 0 saturated carbocycles. The molecule has 0 spiro atoms. The Balaban J connectivity index is 2.70. The third kappa shape index (κ3) is 4.57. The first kappa shape index (κ1) is 16.1. The van der Waals surface area contributed by atoms with Crippen LogP contribution in [0.25, 0.3) is 0 Å². The normalized spacial score (nSPS) is 14.8. The van der Waals surface area contributed by atoms with Gasteiger partial charge in [0.15, 0.2) is 5.92 Å². The number of alkyl halides is 3. The van der Waals surface area contributed by atoms with E-state index in [9.17, 15) is 13.2 Å². The maximum Gasteiger partial charge on any atom is 0.405 e. The molecule has 2 unspecified atom stereocenters. The Hall–Kier alpha value is -0.960. The van der Waals surface area contributed by atoms with Crippen molar-refractivity contribution < 1.29 is 13.2 Å². The van der Waals surface area contributed by atoms with Crippen LogP contribution in [-0.2, 0) is 0 Å². The van der Waals surface area contributed by atoms with Gasteiger partial charge in [0.1, 0.15) is 0 Å². The van der Waals surface area contributed by atoms with Crippen molar-refractivity contribution in [3.63, 3.8) is 0 Å². The Bertz CT molecular complexity index is 483. The number of nitriles is 1. The summed E-state index contributed by atoms with van der Waals surface area (Å²) in [6, 6.07) is 5.57. The molecule has 0 bridgehead atoms. The number of hydrogen-bond acceptors (Lipinski definition) is 2. The van der Waals surface area contributed by atoms with E-state index < -0.39 is 24.7 Å². The molecule has 1 N–H and O–H groups in total. The average Bonchev–Trinajstić information content (AvgIpc) is 2.27. The van der Waals surface area contributed by atoms with Gasteiger partial charge in [-0.1, -0.05) is 29.3 Å². The molecule has 0 aliphatic carbocycles. The molecule has 1 aromatic carbocycles. The van der Waals surface area contributed by atoms with Crippen LogP contribution in [0.2, 0.25) is 10.0 Å². The largest absolute Gasteiger partial charge is 0.405 e. The number of nitrogens with one attached hydrogen (secondary N) is 1. The zero-order valence-electron chi connectivity index (χ0n) is 9.93. The quantitative estimate of drug-likeness (QED) is 0.897. The van der Waals surface area contributed by atoms with E-state index >= 15 is 0 Å². The van der Waals surface area contributed by atoms with Crippen LogP contribution in [0.4, 0.5) is 13.2 Å². The smallest absolute Gasteiger partial charge is 0.308 e. The fraction of sp³-hybridized carbons (Fsp3) is 0.417. The Labute approximate surface area is 119 Å². The third-order valence-electron chi connectivity index (χ3n) is 2.61. The molecule has 0 fully saturated rings. The first-order valence-electron chi connectivity index (χ1n) is 5.40. The van der Waals surface area contributed by atoms with Crippen LogP contribution in [0.15, 0.2) is 18.2 Å². The van der Waals surface area contributed by atoms with Crippen LogP contribution in [-0.4, -0.2) is 12.7 Å². The molecule has 2 atom stereocenters. The van der Waals surface area contributed by atoms with Crippen molar-refractivity contribution in [2.45, 2.75) is 19.1 Å². The second-order valence-electron chi connectivity index (χ2n) is 4.02. The zero-order valence-corrected chi connectivity index (χ0v) is 11.4. The second kappa shape index (κ2) is 6.47. The minimum absolute atomic E-state index is 0.369. The molecule has 19 heavy (non-hydrogen) atoms. The van der Waals surface area contributed by atoms with Crippen molar-refractivity contribution in [3.05, 3.63) is 33.8 Å². The summed E-state index contributed by atoms with van der Waals surface area (Å²) in [4.78, 5) is 0. The zero-order chi connectivity index (χ0) is 14.6. The summed E-state index contributed by atoms with van der Waals surface area (Å²) in [6.45, 7) is 1.18. The Morgan fingerprint density at radius 3 is 2.47 bits per heavy atom. The molecule has 1 aromatic rings. The third-order valence-corrected chi connectivity index (χ3v) is 3.17. The standard InChI is InChI=1S/C12H11Cl2F3N2/c1-7(10-3-2-9(13)4-11(10)14)19-6-8(5-18)12(15,16)17/h2-4,7-8,19H,6H2,1H3. The van der Waals surface area contributed by atoms with E-state index in [1.165, 1.54) is 12.1 Å². The number of halogens is 5. The molecule has 1 rings (SSSR count). The van der Waals surface area contributed by atoms with Crippen molar-refractivity contribution in [2.75, 3.05) is 6.54 Å². The van der Waals surface area contributed by atoms with E-state index in [1.807, 2.05) is 0 Å². The van der Waals surface area contributed by atoms with E-state index in [1.54, 1.807) is 19.1 Å². The lowest BCUT2D eigenvalue weighted by Gasteiger charge is -2.19. The second-order valence-corrected chi connectivity index (χ2v) is 4.86. The monoisotopic (exact) mass is 310 g/mol. The summed E-state index contributed by atoms with van der Waals surface area (Å²) >= 11 is 11.7. The van der Waals surface area contributed by atoms with Gasteiger partial charge in [-0.25, -0.2) is 0 Å². The van der Waals surface area contributed by atoms with Gasteiger partial charge in [-0.05, 0) is 24.6 Å². The molecule has 0 amide bonds. The predicted octanol–water partition coefficient (Wildman–Crippen LogP) is 4.35. The summed E-state index contributed by atoms with van der Waals surface area (Å²) in [5.74, 6) is -2.04. The Morgan fingerprint density at radius 2 is 2.00 bits per heavy atom. The fourth-order valence-corrected chi connectivity index (χ4v) is 2.06. The number of rotatable bonds is 4. The highest BCUT2D eigenvalue weighted by atomic mass is 35.5. The van der Waals surface area contributed by atoms with Gasteiger partial charge < -0.3 is 5.32 Å². The van der Waals surface area contributed by atoms with Crippen molar-refractivity contribution in [2.24, 2.45) is 5.92 Å². The van der Waals surface area contributed by atoms with Crippen LogP contribution in [0, 0.1) is 17.2 Å². The summed E-state index contributed by atoms with van der Waals surface area (Å²) in [7, 11) is 0. The summed E-state index contributed by atoms with van der Waals surface area (Å²) < 4.78 is 37.2. The van der Waals surface area contributed by atoms with Crippen LogP contribution >= 0.6 is 23.2 Å². The molecule has 2 nitrogen and oxygen atoms in total. The van der Waals surface area contributed by atoms with Crippen molar-refractivity contribution in [1.29, 1.82) is 5.26 Å². The molecule has 0 radical (unpaired) electrons. The molecule has 0 aliphatic rings. The number of nitrogens with zero attached hydrogens (tertiary/aromatic N) is 1. The van der Waals surface area contributed by atoms with E-state index in [0.29, 0.717) is 15.6 Å². The van der Waals surface area contributed by atoms with Gasteiger partial charge in [0.2, 0.25) is 0 Å². The predicted molar refractivity (Wildman–Crippen MR) is 68.0 cm³/mol. The lowest BCUT2D eigenvalue weighted by Crippen LogP contribution is -2.33. The van der Waals surface area contributed by atoms with E-state index in [2.05, 4.69) is 5.32 Å². The maximum absolute atomic E-state index is 12.4. The van der Waals surface area contributed by atoms with E-state index in [0.717, 1.165) is 0 Å². The van der Waals surface area contributed by atoms with Gasteiger partial charge >= 0.3 is 6.18 Å². The average molecular weight is 311 g/mol. The van der Waals surface area contributed by atoms with Crippen molar-refractivity contribution >= 4 is 23.2 Å². The molecule has 0 aromatic heterocycles. The first-order valence-corrected chi connectivity index (χ1v) is 6.16. The highest BCUT2D eigenvalue weighted by Crippen LogP contribution is 2.28. The van der Waals surface area contributed by atoms with Gasteiger partial charge in [-0.2, -0.15) is 18.4 Å². The Kier molecular flexibility index (Phi) is 5.48. The number of benzene rings is 1. The summed E-state index contributed by atoms with van der Waals surface area (Å²) in [5.41, 5.74) is 0.630. The minimum atomic E-state index is -4.54. The highest BCUT2D eigenvalue weighted by molar-refractivity contribution is 6.35. The van der Waals surface area contributed by atoms with Crippen LogP contribution < -0.4 is 5.32 Å². The highest BCUT2D eigenvalue weighted by Gasteiger charge is 2.39. The lowest BCUT2D eigenvalue weighted by atomic mass is 10.1. The first-order chi connectivity index (χ1) is 8.75. The van der Waals surface area contributed by atoms with Gasteiger partial charge in [0.05, 0.1) is 6.07 Å². The molecule has 0 heterocycles. The van der Waals surface area contributed by atoms with Crippen molar-refractivity contribution in [3.8, 4) is 6.07 Å². The van der Waals surface area contributed by atoms with E-state index in [4.69, 9.17) is 28.5 Å². The lowest BCUT2D eigenvalue weighted by molar-refractivity contribution is -0.157. The van der Waals surface area contributed by atoms with Gasteiger partial charge in [0.25, 0.3) is 0 Å². The molecule has 7 heteroatoms. The summed E-state index contributed by atoms with van der Waals surface area (Å²) in [6.07, 6.45) is -4.54. The topological polar surface area (TPSA) is 35.8 Å². The SMILES string of the molecule is CC(NCC(C#N)C(F)(F)F)c1ccc(Cl)cc1Cl. The Morgan fingerprint density at radius 1 is 1.37 bits per heavy atom. The van der Waals surface area contributed by atoms with Crippen LogP contribution in [0.3, 0.4) is 0 Å². The van der Waals surface area contributed by atoms with Gasteiger partial charge in [0, 0.05) is 22.6 Å². The van der Waals surface area contributed by atoms with Crippen molar-refractivity contribution in [1.82, 2.24) is 5.32 Å². The number of hydrogen-bond donors (Lipinski definition) is 1. The van der Waals surface area contributed by atoms with Gasteiger partial charge in [-0.3, -0.25) is 0 Å². The molecule has 0 aliphatic heterocycles. The fourth-order valence-electron chi connectivity index (χ4n) is 1.49. The molecule has 104 valence electrons. The van der Waals surface area contributed by atoms with Gasteiger partial charge in [-0.15, -0.1) is 0 Å². The van der Waals surface area contributed by atoms with Crippen LogP contribution in [0.5, 0.6) is 0 Å². The molecule has 0 saturated heterocycles. The molecular weight excluding hydrogens is 300 g/mol. The van der Waals surface area contributed by atoms with Crippen LogP contribution in [0.1, 0.15) is 18.5 Å². The molecular formula is C12H11Cl2F3N2. The summed E-state index contributed by atoms with van der Waals surface area (Å²) in [5, 5.41) is 11.9. The maximum atomic E-state index is 12.4.